The van der Waals surface area contributed by atoms with Crippen molar-refractivity contribution in [3.8, 4) is 0 Å². The largest absolute Gasteiger partial charge is 0.103 e. The van der Waals surface area contributed by atoms with Crippen molar-refractivity contribution < 1.29 is 0 Å². The lowest BCUT2D eigenvalue weighted by molar-refractivity contribution is 1.09. The summed E-state index contributed by atoms with van der Waals surface area (Å²) in [6.45, 7) is 16.2. The van der Waals surface area contributed by atoms with Crippen LogP contribution in [-0.2, 0) is 0 Å². The van der Waals surface area contributed by atoms with Gasteiger partial charge in [-0.3, -0.25) is 0 Å². The minimum atomic E-state index is 1.08. The van der Waals surface area contributed by atoms with Crippen molar-refractivity contribution in [2.45, 2.75) is 60.8 Å². The van der Waals surface area contributed by atoms with Gasteiger partial charge in [-0.25, -0.2) is 0 Å². The van der Waals surface area contributed by atoms with Crippen LogP contribution in [-0.4, -0.2) is 0 Å². The van der Waals surface area contributed by atoms with Crippen molar-refractivity contribution in [3.05, 3.63) is 24.3 Å². The second-order valence-corrected chi connectivity index (χ2v) is 2.89. The van der Waals surface area contributed by atoms with E-state index in [2.05, 4.69) is 54.2 Å². The molecule has 0 aliphatic rings. The molecule has 0 heterocycles. The molecule has 13 heavy (non-hydrogen) atoms. The van der Waals surface area contributed by atoms with Gasteiger partial charge in [0.1, 0.15) is 0 Å². The number of rotatable bonds is 2. The van der Waals surface area contributed by atoms with E-state index in [9.17, 15) is 0 Å². The first-order chi connectivity index (χ1) is 6.14. The van der Waals surface area contributed by atoms with E-state index >= 15 is 0 Å². The lowest BCUT2D eigenvalue weighted by Gasteiger charge is -1.85. The quantitative estimate of drug-likeness (QED) is 0.507. The fourth-order valence-electron chi connectivity index (χ4n) is 0.204. The van der Waals surface area contributed by atoms with Crippen LogP contribution in [0.4, 0.5) is 0 Å². The Kier molecular flexibility index (Phi) is 31.7. The molecule has 0 aliphatic carbocycles. The van der Waals surface area contributed by atoms with Crippen LogP contribution in [0.1, 0.15) is 60.8 Å². The summed E-state index contributed by atoms with van der Waals surface area (Å²) in [5, 5.41) is 0. The zero-order chi connectivity index (χ0) is 11.1. The van der Waals surface area contributed by atoms with Gasteiger partial charge in [0.15, 0.2) is 0 Å². The molecule has 0 unspecified atom stereocenters. The molecule has 0 aromatic heterocycles. The Morgan fingerprint density at radius 1 is 1.15 bits per heavy atom. The van der Waals surface area contributed by atoms with E-state index in [1.54, 1.807) is 0 Å². The van der Waals surface area contributed by atoms with Gasteiger partial charge in [0, 0.05) is 0 Å². The Morgan fingerprint density at radius 3 is 1.46 bits per heavy atom. The molecule has 0 rings (SSSR count). The van der Waals surface area contributed by atoms with Gasteiger partial charge < -0.3 is 0 Å². The molecule has 0 heteroatoms. The Morgan fingerprint density at radius 2 is 1.46 bits per heavy atom. The minimum Gasteiger partial charge on any atom is -0.103 e. The summed E-state index contributed by atoms with van der Waals surface area (Å²) < 4.78 is 0. The van der Waals surface area contributed by atoms with E-state index in [1.807, 2.05) is 6.08 Å². The van der Waals surface area contributed by atoms with E-state index in [0.29, 0.717) is 0 Å². The van der Waals surface area contributed by atoms with Crippen molar-refractivity contribution in [2.24, 2.45) is 0 Å². The van der Waals surface area contributed by atoms with Crippen LogP contribution in [0, 0.1) is 0 Å². The van der Waals surface area contributed by atoms with Gasteiger partial charge in [-0.05, 0) is 26.7 Å². The van der Waals surface area contributed by atoms with Crippen LogP contribution in [0.15, 0.2) is 24.3 Å². The molecule has 0 aliphatic heterocycles. The third-order valence-corrected chi connectivity index (χ3v) is 1.34. The molecule has 0 amide bonds. The fourth-order valence-corrected chi connectivity index (χ4v) is 0.204. The number of hydrogen-bond acceptors (Lipinski definition) is 0. The highest BCUT2D eigenvalue weighted by Crippen LogP contribution is 1.94. The smallest absolute Gasteiger partial charge is 0.0352 e. The lowest BCUT2D eigenvalue weighted by Crippen LogP contribution is -1.63. The van der Waals surface area contributed by atoms with Gasteiger partial charge in [-0.2, -0.15) is 0 Å². The molecule has 0 radical (unpaired) electrons. The van der Waals surface area contributed by atoms with E-state index in [-0.39, 0.29) is 0 Å². The second-order valence-electron chi connectivity index (χ2n) is 2.89. The molecule has 0 saturated carbocycles. The van der Waals surface area contributed by atoms with Gasteiger partial charge in [-0.15, -0.1) is 6.58 Å². The van der Waals surface area contributed by atoms with E-state index < -0.39 is 0 Å². The average molecular weight is 184 g/mol. The van der Waals surface area contributed by atoms with E-state index in [1.165, 1.54) is 18.4 Å². The van der Waals surface area contributed by atoms with Gasteiger partial charge in [-0.1, -0.05) is 51.8 Å². The topological polar surface area (TPSA) is 0 Å². The first kappa shape index (κ1) is 18.3. The maximum absolute atomic E-state index is 3.48. The second kappa shape index (κ2) is 22.5. The van der Waals surface area contributed by atoms with E-state index in [0.717, 1.165) is 6.42 Å². The molecular weight excluding hydrogens is 156 g/mol. The standard InChI is InChI=1S/C6H12.C4H8.C3H8/c1-4-6(3)5-2;1-3-4-2;1-3-2/h4H,5H2,1-3H3;3H,1,4H2,2H3;3H2,1-2H3/b6-4-;;. The van der Waals surface area contributed by atoms with Crippen molar-refractivity contribution >= 4 is 0 Å². The summed E-state index contributed by atoms with van der Waals surface area (Å²) >= 11 is 0. The van der Waals surface area contributed by atoms with Crippen LogP contribution in [0.25, 0.3) is 0 Å². The van der Waals surface area contributed by atoms with Crippen molar-refractivity contribution in [3.63, 3.8) is 0 Å². The van der Waals surface area contributed by atoms with Crippen LogP contribution in [0.5, 0.6) is 0 Å². The van der Waals surface area contributed by atoms with Crippen LogP contribution in [0.2, 0.25) is 0 Å². The van der Waals surface area contributed by atoms with Gasteiger partial charge >= 0.3 is 0 Å². The fraction of sp³-hybridized carbons (Fsp3) is 0.692. The first-order valence-electron chi connectivity index (χ1n) is 5.36. The third kappa shape index (κ3) is 51.4. The average Bonchev–Trinajstić information content (AvgIpc) is 2.18. The SMILES string of the molecule is C/C=C(/C)CC.C=CCC.CCC. The Balaban J connectivity index is -0.000000125. The molecule has 0 nitrogen and oxygen atoms in total. The normalized spacial score (nSPS) is 8.92. The monoisotopic (exact) mass is 184 g/mol. The van der Waals surface area contributed by atoms with Crippen molar-refractivity contribution in [1.82, 2.24) is 0 Å². The molecule has 0 aromatic rings. The van der Waals surface area contributed by atoms with E-state index in [4.69, 9.17) is 0 Å². The van der Waals surface area contributed by atoms with Gasteiger partial charge in [0.05, 0.1) is 0 Å². The Bertz CT molecular complexity index is 98.6. The van der Waals surface area contributed by atoms with Gasteiger partial charge in [0.2, 0.25) is 0 Å². The summed E-state index contributed by atoms with van der Waals surface area (Å²) in [6.07, 6.45) is 7.54. The summed E-state index contributed by atoms with van der Waals surface area (Å²) in [6, 6.07) is 0. The maximum Gasteiger partial charge on any atom is -0.0352 e. The molecule has 80 valence electrons. The zero-order valence-corrected chi connectivity index (χ0v) is 10.5. The summed E-state index contributed by atoms with van der Waals surface area (Å²) in [5.41, 5.74) is 1.47. The molecule has 0 bridgehead atoms. The Labute approximate surface area is 85.8 Å². The summed E-state index contributed by atoms with van der Waals surface area (Å²) in [4.78, 5) is 0. The first-order valence-corrected chi connectivity index (χ1v) is 5.36. The van der Waals surface area contributed by atoms with Crippen LogP contribution >= 0.6 is 0 Å². The molecule has 0 saturated heterocycles. The molecule has 0 aromatic carbocycles. The molecule has 0 spiro atoms. The predicted molar refractivity (Wildman–Crippen MR) is 66.2 cm³/mol. The van der Waals surface area contributed by atoms with Crippen LogP contribution < -0.4 is 0 Å². The maximum atomic E-state index is 3.48. The lowest BCUT2D eigenvalue weighted by atomic mass is 10.2. The summed E-state index contributed by atoms with van der Waals surface area (Å²) in [5.74, 6) is 0. The molecule has 0 N–H and O–H groups in total. The molecule has 0 fully saturated rings. The van der Waals surface area contributed by atoms with Gasteiger partial charge in [0.25, 0.3) is 0 Å². The number of allylic oxidation sites excluding steroid dienone is 3. The third-order valence-electron chi connectivity index (χ3n) is 1.34. The van der Waals surface area contributed by atoms with Crippen molar-refractivity contribution in [2.75, 3.05) is 0 Å². The molecule has 0 atom stereocenters. The predicted octanol–water partition coefficient (Wildman–Crippen LogP) is 5.36. The summed E-state index contributed by atoms with van der Waals surface area (Å²) in [7, 11) is 0. The van der Waals surface area contributed by atoms with Crippen molar-refractivity contribution in [1.29, 1.82) is 0 Å². The highest BCUT2D eigenvalue weighted by molar-refractivity contribution is 4.93. The minimum absolute atomic E-state index is 1.08. The zero-order valence-electron chi connectivity index (χ0n) is 10.5. The number of hydrogen-bond donors (Lipinski definition) is 0. The molecular formula is C13H28. The van der Waals surface area contributed by atoms with Crippen LogP contribution in [0.3, 0.4) is 0 Å². The highest BCUT2D eigenvalue weighted by atomic mass is 13.8. The highest BCUT2D eigenvalue weighted by Gasteiger charge is 1.73. The Hall–Kier alpha value is -0.520.